The Morgan fingerprint density at radius 3 is 2.44 bits per heavy atom. The lowest BCUT2D eigenvalue weighted by Crippen LogP contribution is -2.42. The lowest BCUT2D eigenvalue weighted by atomic mass is 10.2. The Kier molecular flexibility index (Phi) is 4.68. The van der Waals surface area contributed by atoms with Gasteiger partial charge in [-0.3, -0.25) is 14.0 Å². The number of rotatable bonds is 5. The Balaban J connectivity index is 2.44. The number of carboxylic acid groups (broad SMARTS) is 2. The topological polar surface area (TPSA) is 121 Å². The highest BCUT2D eigenvalue weighted by molar-refractivity contribution is 5.97. The summed E-state index contributed by atoms with van der Waals surface area (Å²) in [5, 5.41) is 19.6. The number of carboxylic acids is 2. The minimum Gasteiger partial charge on any atom is -0.481 e. The van der Waals surface area contributed by atoms with E-state index in [-0.39, 0.29) is 17.0 Å². The van der Waals surface area contributed by atoms with E-state index in [1.807, 2.05) is 5.32 Å². The number of aryl methyl sites for hydroxylation is 1. The van der Waals surface area contributed by atoms with Gasteiger partial charge in [-0.25, -0.2) is 9.78 Å². The molecule has 0 saturated carbocycles. The van der Waals surface area contributed by atoms with Crippen LogP contribution in [0.5, 0.6) is 0 Å². The molecule has 0 aliphatic rings. The van der Waals surface area contributed by atoms with Gasteiger partial charge >= 0.3 is 18.1 Å². The third-order valence-electron chi connectivity index (χ3n) is 3.32. The van der Waals surface area contributed by atoms with Crippen LogP contribution in [0.25, 0.3) is 5.65 Å². The van der Waals surface area contributed by atoms with Gasteiger partial charge in [-0.05, 0) is 19.1 Å². The number of aliphatic carboxylic acids is 2. The number of halogens is 3. The third-order valence-corrected chi connectivity index (χ3v) is 3.32. The second-order valence-corrected chi connectivity index (χ2v) is 5.15. The highest BCUT2D eigenvalue weighted by Gasteiger charge is 2.32. The molecule has 2 rings (SSSR count). The molecule has 1 atom stereocenters. The number of pyridine rings is 1. The van der Waals surface area contributed by atoms with Crippen molar-refractivity contribution in [3.63, 3.8) is 0 Å². The van der Waals surface area contributed by atoms with Crippen molar-refractivity contribution in [2.75, 3.05) is 0 Å². The van der Waals surface area contributed by atoms with Crippen LogP contribution in [0.3, 0.4) is 0 Å². The predicted molar refractivity (Wildman–Crippen MR) is 76.1 cm³/mol. The van der Waals surface area contributed by atoms with Gasteiger partial charge in [0.05, 0.1) is 17.7 Å². The van der Waals surface area contributed by atoms with E-state index in [1.165, 1.54) is 6.92 Å². The summed E-state index contributed by atoms with van der Waals surface area (Å²) in [7, 11) is 0. The summed E-state index contributed by atoms with van der Waals surface area (Å²) < 4.78 is 39.4. The number of nitrogens with zero attached hydrogens (tertiary/aromatic N) is 2. The fourth-order valence-electron chi connectivity index (χ4n) is 2.20. The Labute approximate surface area is 137 Å². The molecule has 2 aromatic rings. The van der Waals surface area contributed by atoms with E-state index in [4.69, 9.17) is 10.2 Å². The largest absolute Gasteiger partial charge is 0.481 e. The molecule has 0 spiro atoms. The second-order valence-electron chi connectivity index (χ2n) is 5.15. The number of amides is 1. The van der Waals surface area contributed by atoms with Gasteiger partial charge in [-0.1, -0.05) is 0 Å². The zero-order valence-corrected chi connectivity index (χ0v) is 12.7. The van der Waals surface area contributed by atoms with Crippen LogP contribution in [0.2, 0.25) is 0 Å². The maximum atomic E-state index is 12.8. The van der Waals surface area contributed by atoms with Gasteiger partial charge in [-0.15, -0.1) is 0 Å². The molecule has 0 fully saturated rings. The van der Waals surface area contributed by atoms with Gasteiger partial charge in [0.25, 0.3) is 5.91 Å². The Morgan fingerprint density at radius 2 is 1.92 bits per heavy atom. The van der Waals surface area contributed by atoms with Crippen LogP contribution < -0.4 is 5.32 Å². The van der Waals surface area contributed by atoms with Crippen LogP contribution >= 0.6 is 0 Å². The van der Waals surface area contributed by atoms with Crippen LogP contribution in [-0.2, 0) is 15.8 Å². The molecule has 0 radical (unpaired) electrons. The lowest BCUT2D eigenvalue weighted by Gasteiger charge is -2.13. The van der Waals surface area contributed by atoms with Gasteiger partial charge in [0.1, 0.15) is 17.4 Å². The van der Waals surface area contributed by atoms with E-state index in [1.54, 1.807) is 0 Å². The summed E-state index contributed by atoms with van der Waals surface area (Å²) >= 11 is 0. The molecule has 11 heteroatoms. The van der Waals surface area contributed by atoms with Crippen molar-refractivity contribution in [1.82, 2.24) is 14.7 Å². The van der Waals surface area contributed by atoms with Crippen molar-refractivity contribution >= 4 is 23.5 Å². The Morgan fingerprint density at radius 1 is 1.28 bits per heavy atom. The summed E-state index contributed by atoms with van der Waals surface area (Å²) in [4.78, 5) is 37.9. The number of fused-ring (bicyclic) bond motifs is 1. The van der Waals surface area contributed by atoms with Crippen molar-refractivity contribution < 1.29 is 37.8 Å². The molecular weight excluding hydrogens is 347 g/mol. The SMILES string of the molecule is Cc1nc2ccc(C(F)(F)F)cn2c1C(=O)NC(CC(=O)O)C(=O)O. The number of nitrogens with one attached hydrogen (secondary N) is 1. The first-order chi connectivity index (χ1) is 11.5. The smallest absolute Gasteiger partial charge is 0.417 e. The minimum atomic E-state index is -4.65. The molecule has 25 heavy (non-hydrogen) atoms. The molecule has 2 aromatic heterocycles. The number of carbonyl (C=O) groups is 3. The van der Waals surface area contributed by atoms with Crippen LogP contribution in [0, 0.1) is 6.92 Å². The first-order valence-electron chi connectivity index (χ1n) is 6.82. The molecule has 134 valence electrons. The first kappa shape index (κ1) is 18.2. The minimum absolute atomic E-state index is 0.0563. The standard InChI is InChI=1S/C14H12F3N3O5/c1-6-11(12(23)19-8(13(24)25)4-10(21)22)20-5-7(14(15,16)17)2-3-9(20)18-6/h2-3,5,8H,4H2,1H3,(H,19,23)(H,21,22)(H,24,25). The number of carbonyl (C=O) groups excluding carboxylic acids is 1. The normalized spacial score (nSPS) is 12.8. The summed E-state index contributed by atoms with van der Waals surface area (Å²) in [5.41, 5.74) is -1.21. The molecule has 0 aliphatic heterocycles. The fourth-order valence-corrected chi connectivity index (χ4v) is 2.20. The van der Waals surface area contributed by atoms with Crippen molar-refractivity contribution in [2.45, 2.75) is 25.6 Å². The highest BCUT2D eigenvalue weighted by atomic mass is 19.4. The van der Waals surface area contributed by atoms with E-state index in [9.17, 15) is 27.6 Å². The fraction of sp³-hybridized carbons (Fsp3) is 0.286. The van der Waals surface area contributed by atoms with E-state index in [0.717, 1.165) is 16.5 Å². The number of alkyl halides is 3. The van der Waals surface area contributed by atoms with Crippen LogP contribution in [0.1, 0.15) is 28.2 Å². The van der Waals surface area contributed by atoms with E-state index in [2.05, 4.69) is 4.98 Å². The van der Waals surface area contributed by atoms with Crippen LogP contribution in [0.15, 0.2) is 18.3 Å². The highest BCUT2D eigenvalue weighted by Crippen LogP contribution is 2.29. The number of aromatic nitrogens is 2. The van der Waals surface area contributed by atoms with Crippen molar-refractivity contribution in [3.8, 4) is 0 Å². The van der Waals surface area contributed by atoms with Crippen molar-refractivity contribution in [1.29, 1.82) is 0 Å². The summed E-state index contributed by atoms with van der Waals surface area (Å²) in [6.45, 7) is 1.36. The van der Waals surface area contributed by atoms with Gasteiger partial charge in [0, 0.05) is 6.20 Å². The predicted octanol–water partition coefficient (Wildman–Crippen LogP) is 1.32. The Hall–Kier alpha value is -3.11. The van der Waals surface area contributed by atoms with E-state index < -0.39 is 42.0 Å². The average Bonchev–Trinajstić information content (AvgIpc) is 2.79. The van der Waals surface area contributed by atoms with Crippen LogP contribution in [-0.4, -0.2) is 43.5 Å². The second kappa shape index (κ2) is 6.42. The van der Waals surface area contributed by atoms with Crippen LogP contribution in [0.4, 0.5) is 13.2 Å². The van der Waals surface area contributed by atoms with Gasteiger partial charge < -0.3 is 15.5 Å². The maximum absolute atomic E-state index is 12.8. The van der Waals surface area contributed by atoms with E-state index in [0.29, 0.717) is 6.20 Å². The summed E-state index contributed by atoms with van der Waals surface area (Å²) in [6.07, 6.45) is -4.87. The molecule has 1 amide bonds. The molecule has 0 saturated heterocycles. The zero-order valence-electron chi connectivity index (χ0n) is 12.7. The quantitative estimate of drug-likeness (QED) is 0.740. The number of imidazole rings is 1. The third kappa shape index (κ3) is 3.87. The number of hydrogen-bond donors (Lipinski definition) is 3. The summed E-state index contributed by atoms with van der Waals surface area (Å²) in [5.74, 6) is -4.09. The lowest BCUT2D eigenvalue weighted by molar-refractivity contribution is -0.145. The molecule has 8 nitrogen and oxygen atoms in total. The molecule has 2 heterocycles. The Bertz CT molecular complexity index is 859. The zero-order chi connectivity index (χ0) is 18.9. The monoisotopic (exact) mass is 359 g/mol. The number of hydrogen-bond acceptors (Lipinski definition) is 4. The van der Waals surface area contributed by atoms with Crippen molar-refractivity contribution in [2.24, 2.45) is 0 Å². The molecule has 1 unspecified atom stereocenters. The molecular formula is C14H12F3N3O5. The molecule has 0 aliphatic carbocycles. The summed E-state index contributed by atoms with van der Waals surface area (Å²) in [6, 6.07) is 0.132. The molecule has 3 N–H and O–H groups in total. The van der Waals surface area contributed by atoms with Gasteiger partial charge in [0.2, 0.25) is 0 Å². The van der Waals surface area contributed by atoms with Gasteiger partial charge in [0.15, 0.2) is 0 Å². The van der Waals surface area contributed by atoms with E-state index >= 15 is 0 Å². The first-order valence-corrected chi connectivity index (χ1v) is 6.82. The van der Waals surface area contributed by atoms with Gasteiger partial charge in [-0.2, -0.15) is 13.2 Å². The maximum Gasteiger partial charge on any atom is 0.417 e. The molecule has 0 bridgehead atoms. The van der Waals surface area contributed by atoms with Crippen molar-refractivity contribution in [3.05, 3.63) is 35.3 Å². The molecule has 0 aromatic carbocycles. The average molecular weight is 359 g/mol.